The Labute approximate surface area is 129 Å². The Kier molecular flexibility index (Phi) is 5.30. The minimum atomic E-state index is -0.437. The van der Waals surface area contributed by atoms with Gasteiger partial charge < -0.3 is 5.11 Å². The van der Waals surface area contributed by atoms with Gasteiger partial charge in [0, 0.05) is 0 Å². The molecular weight excluding hydrogens is 282 g/mol. The minimum Gasteiger partial charge on any atom is -0.394 e. The van der Waals surface area contributed by atoms with E-state index in [1.165, 1.54) is 6.20 Å². The van der Waals surface area contributed by atoms with Crippen molar-refractivity contribution in [3.63, 3.8) is 0 Å². The molecule has 0 saturated heterocycles. The molecule has 0 aliphatic rings. The molecule has 1 atom stereocenters. The summed E-state index contributed by atoms with van der Waals surface area (Å²) in [5, 5.41) is 13.4. The lowest BCUT2D eigenvalue weighted by molar-refractivity contribution is -0.0603. The minimum absolute atomic E-state index is 0.0958. The first-order chi connectivity index (χ1) is 10.5. The maximum atomic E-state index is 12.2. The number of nitrogens with zero attached hydrogens (tertiary/aromatic N) is 2. The SMILES string of the molecule is Cc1c(C(=O)NOC(CO)C(C)C)cnn1-c1ccccc1. The van der Waals surface area contributed by atoms with Crippen LogP contribution < -0.4 is 5.48 Å². The number of hydrogen-bond acceptors (Lipinski definition) is 4. The largest absolute Gasteiger partial charge is 0.394 e. The van der Waals surface area contributed by atoms with E-state index < -0.39 is 6.10 Å². The second-order valence-corrected chi connectivity index (χ2v) is 5.41. The normalized spacial score (nSPS) is 12.4. The van der Waals surface area contributed by atoms with E-state index in [1.54, 1.807) is 4.68 Å². The van der Waals surface area contributed by atoms with Gasteiger partial charge in [-0.15, -0.1) is 0 Å². The van der Waals surface area contributed by atoms with Crippen LogP contribution in [0.1, 0.15) is 29.9 Å². The van der Waals surface area contributed by atoms with Crippen LogP contribution in [-0.2, 0) is 4.84 Å². The van der Waals surface area contributed by atoms with Crippen LogP contribution in [0.4, 0.5) is 0 Å². The molecule has 2 N–H and O–H groups in total. The zero-order valence-electron chi connectivity index (χ0n) is 13.0. The van der Waals surface area contributed by atoms with Gasteiger partial charge in [0.15, 0.2) is 0 Å². The van der Waals surface area contributed by atoms with Crippen molar-refractivity contribution in [2.24, 2.45) is 5.92 Å². The molecule has 0 bridgehead atoms. The first-order valence-electron chi connectivity index (χ1n) is 7.21. The van der Waals surface area contributed by atoms with Gasteiger partial charge in [0.25, 0.3) is 5.91 Å². The van der Waals surface area contributed by atoms with Crippen LogP contribution in [0, 0.1) is 12.8 Å². The van der Waals surface area contributed by atoms with Crippen molar-refractivity contribution in [2.45, 2.75) is 26.9 Å². The van der Waals surface area contributed by atoms with E-state index in [9.17, 15) is 9.90 Å². The summed E-state index contributed by atoms with van der Waals surface area (Å²) in [4.78, 5) is 17.4. The third kappa shape index (κ3) is 3.52. The van der Waals surface area contributed by atoms with E-state index >= 15 is 0 Å². The summed E-state index contributed by atoms with van der Waals surface area (Å²) in [7, 11) is 0. The van der Waals surface area contributed by atoms with E-state index in [0.29, 0.717) is 5.56 Å². The molecule has 0 spiro atoms. The predicted octanol–water partition coefficient (Wildman–Crippen LogP) is 1.86. The van der Waals surface area contributed by atoms with Crippen molar-refractivity contribution in [3.8, 4) is 5.69 Å². The van der Waals surface area contributed by atoms with E-state index in [1.807, 2.05) is 51.1 Å². The number of hydroxylamine groups is 1. The lowest BCUT2D eigenvalue weighted by Crippen LogP contribution is -2.34. The maximum absolute atomic E-state index is 12.2. The summed E-state index contributed by atoms with van der Waals surface area (Å²) in [6.07, 6.45) is 1.07. The Hall–Kier alpha value is -2.18. The topological polar surface area (TPSA) is 76.4 Å². The summed E-state index contributed by atoms with van der Waals surface area (Å²) in [5.74, 6) is -0.280. The molecule has 0 aliphatic heterocycles. The Bertz CT molecular complexity index is 623. The number of nitrogens with one attached hydrogen (secondary N) is 1. The van der Waals surface area contributed by atoms with Gasteiger partial charge in [-0.25, -0.2) is 10.2 Å². The van der Waals surface area contributed by atoms with Crippen molar-refractivity contribution in [1.29, 1.82) is 0 Å². The van der Waals surface area contributed by atoms with Gasteiger partial charge in [0.05, 0.1) is 29.7 Å². The molecule has 1 aromatic heterocycles. The summed E-state index contributed by atoms with van der Waals surface area (Å²) < 4.78 is 1.70. The highest BCUT2D eigenvalue weighted by Crippen LogP contribution is 2.14. The van der Waals surface area contributed by atoms with Gasteiger partial charge in [0.2, 0.25) is 0 Å². The summed E-state index contributed by atoms with van der Waals surface area (Å²) >= 11 is 0. The average molecular weight is 303 g/mol. The number of para-hydroxylation sites is 1. The lowest BCUT2D eigenvalue weighted by Gasteiger charge is -2.18. The predicted molar refractivity (Wildman–Crippen MR) is 82.6 cm³/mol. The Balaban J connectivity index is 2.10. The third-order valence-electron chi connectivity index (χ3n) is 3.48. The van der Waals surface area contributed by atoms with Crippen LogP contribution in [0.3, 0.4) is 0 Å². The summed E-state index contributed by atoms with van der Waals surface area (Å²) in [5.41, 5.74) is 4.42. The smallest absolute Gasteiger partial charge is 0.278 e. The fourth-order valence-corrected chi connectivity index (χ4v) is 2.03. The zero-order chi connectivity index (χ0) is 16.1. The molecule has 1 amide bonds. The number of benzene rings is 1. The Morgan fingerprint density at radius 3 is 2.64 bits per heavy atom. The van der Waals surface area contributed by atoms with E-state index in [-0.39, 0.29) is 18.4 Å². The Morgan fingerprint density at radius 1 is 1.36 bits per heavy atom. The van der Waals surface area contributed by atoms with Crippen molar-refractivity contribution in [2.75, 3.05) is 6.61 Å². The quantitative estimate of drug-likeness (QED) is 0.799. The highest BCUT2D eigenvalue weighted by atomic mass is 16.7. The molecule has 1 unspecified atom stereocenters. The molecule has 0 saturated carbocycles. The van der Waals surface area contributed by atoms with Gasteiger partial charge in [-0.3, -0.25) is 9.63 Å². The number of aliphatic hydroxyl groups is 1. The van der Waals surface area contributed by atoms with Crippen LogP contribution in [0.25, 0.3) is 5.69 Å². The van der Waals surface area contributed by atoms with Crippen LogP contribution in [0.2, 0.25) is 0 Å². The Morgan fingerprint density at radius 2 is 2.05 bits per heavy atom. The first kappa shape index (κ1) is 16.2. The molecule has 1 aromatic carbocycles. The lowest BCUT2D eigenvalue weighted by atomic mass is 10.1. The second-order valence-electron chi connectivity index (χ2n) is 5.41. The van der Waals surface area contributed by atoms with Crippen LogP contribution in [-0.4, -0.2) is 33.5 Å². The summed E-state index contributed by atoms with van der Waals surface area (Å²) in [6.45, 7) is 5.48. The molecule has 0 fully saturated rings. The fourth-order valence-electron chi connectivity index (χ4n) is 2.03. The van der Waals surface area contributed by atoms with E-state index in [2.05, 4.69) is 10.6 Å². The van der Waals surface area contributed by atoms with E-state index in [0.717, 1.165) is 11.4 Å². The number of amides is 1. The number of aliphatic hydroxyl groups excluding tert-OH is 1. The number of aromatic nitrogens is 2. The fraction of sp³-hybridized carbons (Fsp3) is 0.375. The van der Waals surface area contributed by atoms with Crippen molar-refractivity contribution in [1.82, 2.24) is 15.3 Å². The maximum Gasteiger partial charge on any atom is 0.278 e. The number of rotatable bonds is 6. The van der Waals surface area contributed by atoms with Crippen molar-refractivity contribution < 1.29 is 14.7 Å². The molecular formula is C16H21N3O3. The van der Waals surface area contributed by atoms with Gasteiger partial charge in [0.1, 0.15) is 6.10 Å². The van der Waals surface area contributed by atoms with Crippen molar-refractivity contribution in [3.05, 3.63) is 47.8 Å². The molecule has 2 rings (SSSR count). The van der Waals surface area contributed by atoms with Gasteiger partial charge in [-0.1, -0.05) is 32.0 Å². The van der Waals surface area contributed by atoms with Gasteiger partial charge in [-0.05, 0) is 25.0 Å². The van der Waals surface area contributed by atoms with Crippen molar-refractivity contribution >= 4 is 5.91 Å². The van der Waals surface area contributed by atoms with Gasteiger partial charge >= 0.3 is 0 Å². The van der Waals surface area contributed by atoms with Gasteiger partial charge in [-0.2, -0.15) is 5.10 Å². The number of hydrogen-bond donors (Lipinski definition) is 2. The molecule has 118 valence electrons. The monoisotopic (exact) mass is 303 g/mol. The average Bonchev–Trinajstić information content (AvgIpc) is 2.90. The highest BCUT2D eigenvalue weighted by Gasteiger charge is 2.18. The zero-order valence-corrected chi connectivity index (χ0v) is 13.0. The molecule has 1 heterocycles. The van der Waals surface area contributed by atoms with E-state index in [4.69, 9.17) is 4.84 Å². The second kappa shape index (κ2) is 7.20. The molecule has 2 aromatic rings. The van der Waals surface area contributed by atoms with Crippen LogP contribution in [0.15, 0.2) is 36.5 Å². The highest BCUT2D eigenvalue weighted by molar-refractivity contribution is 5.94. The first-order valence-corrected chi connectivity index (χ1v) is 7.21. The van der Waals surface area contributed by atoms with Crippen LogP contribution >= 0.6 is 0 Å². The molecule has 0 radical (unpaired) electrons. The number of carbonyl (C=O) groups is 1. The molecule has 22 heavy (non-hydrogen) atoms. The summed E-state index contributed by atoms with van der Waals surface area (Å²) in [6, 6.07) is 9.57. The molecule has 6 nitrogen and oxygen atoms in total. The molecule has 6 heteroatoms. The van der Waals surface area contributed by atoms with Crippen LogP contribution in [0.5, 0.6) is 0 Å². The molecule has 0 aliphatic carbocycles. The third-order valence-corrected chi connectivity index (χ3v) is 3.48. The number of carbonyl (C=O) groups excluding carboxylic acids is 1. The standard InChI is InChI=1S/C16H21N3O3/c1-11(2)15(10-20)22-18-16(21)14-9-17-19(12(14)3)13-7-5-4-6-8-13/h4-9,11,15,20H,10H2,1-3H3,(H,18,21).